The lowest BCUT2D eigenvalue weighted by Crippen LogP contribution is -2.21. The van der Waals surface area contributed by atoms with Crippen LogP contribution in [0.2, 0.25) is 0 Å². The third-order valence-corrected chi connectivity index (χ3v) is 3.93. The van der Waals surface area contributed by atoms with Crippen LogP contribution in [0.25, 0.3) is 10.8 Å². The number of Topliss-reactive ketones (excluding diaryl/α,β-unsaturated/α-hetero) is 1. The molecule has 0 aromatic heterocycles. The molecule has 0 bridgehead atoms. The number of alkyl halides is 1. The van der Waals surface area contributed by atoms with E-state index >= 15 is 0 Å². The minimum atomic E-state index is -0.0942. The van der Waals surface area contributed by atoms with Crippen LogP contribution in [0.1, 0.15) is 19.4 Å². The van der Waals surface area contributed by atoms with E-state index in [1.54, 1.807) is 0 Å². The Morgan fingerprint density at radius 2 is 1.78 bits per heavy atom. The van der Waals surface area contributed by atoms with Crippen LogP contribution >= 0.6 is 15.9 Å². The molecule has 0 amide bonds. The van der Waals surface area contributed by atoms with Crippen LogP contribution < -0.4 is 0 Å². The van der Waals surface area contributed by atoms with Gasteiger partial charge in [0, 0.05) is 5.92 Å². The second kappa shape index (κ2) is 5.66. The first-order valence-electron chi connectivity index (χ1n) is 6.24. The van der Waals surface area contributed by atoms with Gasteiger partial charge in [-0.3, -0.25) is 4.79 Å². The summed E-state index contributed by atoms with van der Waals surface area (Å²) in [6.07, 6.45) is 0.748. The molecule has 0 aliphatic carbocycles. The Morgan fingerprint density at radius 3 is 2.50 bits per heavy atom. The van der Waals surface area contributed by atoms with Crippen molar-refractivity contribution < 1.29 is 4.79 Å². The molecule has 2 aromatic carbocycles. The number of carbonyl (C=O) groups is 1. The Kier molecular flexibility index (Phi) is 4.18. The monoisotopic (exact) mass is 304 g/mol. The van der Waals surface area contributed by atoms with E-state index in [2.05, 4.69) is 46.3 Å². The quantitative estimate of drug-likeness (QED) is 0.767. The maximum absolute atomic E-state index is 11.9. The third-order valence-electron chi connectivity index (χ3n) is 3.16. The predicted molar refractivity (Wildman–Crippen MR) is 80.2 cm³/mol. The molecule has 0 N–H and O–H groups in total. The van der Waals surface area contributed by atoms with E-state index in [0.29, 0.717) is 0 Å². The summed E-state index contributed by atoms with van der Waals surface area (Å²) in [5.41, 5.74) is 1.23. The van der Waals surface area contributed by atoms with E-state index in [1.807, 2.05) is 26.0 Å². The van der Waals surface area contributed by atoms with Crippen LogP contribution in [-0.2, 0) is 11.2 Å². The number of halogens is 1. The van der Waals surface area contributed by atoms with Gasteiger partial charge in [-0.05, 0) is 22.8 Å². The summed E-state index contributed by atoms with van der Waals surface area (Å²) < 4.78 is 0. The molecule has 0 radical (unpaired) electrons. The van der Waals surface area contributed by atoms with E-state index in [4.69, 9.17) is 0 Å². The van der Waals surface area contributed by atoms with Crippen LogP contribution in [0.3, 0.4) is 0 Å². The second-order valence-corrected chi connectivity index (χ2v) is 5.97. The molecule has 0 aliphatic heterocycles. The van der Waals surface area contributed by atoms with Crippen molar-refractivity contribution in [2.24, 2.45) is 5.92 Å². The largest absolute Gasteiger partial charge is 0.298 e. The number of carbonyl (C=O) groups excluding carboxylic acids is 1. The van der Waals surface area contributed by atoms with Crippen molar-refractivity contribution in [3.8, 4) is 0 Å². The van der Waals surface area contributed by atoms with Crippen molar-refractivity contribution in [3.63, 3.8) is 0 Å². The van der Waals surface area contributed by atoms with E-state index in [-0.39, 0.29) is 16.5 Å². The zero-order valence-corrected chi connectivity index (χ0v) is 12.3. The topological polar surface area (TPSA) is 17.1 Å². The first-order chi connectivity index (χ1) is 8.59. The summed E-state index contributed by atoms with van der Waals surface area (Å²) >= 11 is 3.52. The van der Waals surface area contributed by atoms with Crippen LogP contribution in [0.4, 0.5) is 0 Å². The van der Waals surface area contributed by atoms with Gasteiger partial charge in [0.2, 0.25) is 0 Å². The molecule has 0 saturated carbocycles. The van der Waals surface area contributed by atoms with Gasteiger partial charge in [0.25, 0.3) is 0 Å². The molecule has 1 atom stereocenters. The Balaban J connectivity index is 2.29. The van der Waals surface area contributed by atoms with Gasteiger partial charge >= 0.3 is 0 Å². The van der Waals surface area contributed by atoms with Gasteiger partial charge in [0.15, 0.2) is 0 Å². The average Bonchev–Trinajstić information content (AvgIpc) is 2.38. The molecule has 2 aromatic rings. The first kappa shape index (κ1) is 13.3. The fourth-order valence-corrected chi connectivity index (χ4v) is 3.00. The molecular formula is C16H17BrO. The highest BCUT2D eigenvalue weighted by Crippen LogP contribution is 2.22. The van der Waals surface area contributed by atoms with E-state index in [9.17, 15) is 4.79 Å². The van der Waals surface area contributed by atoms with Gasteiger partial charge in [0.1, 0.15) is 5.78 Å². The van der Waals surface area contributed by atoms with Crippen LogP contribution in [-0.4, -0.2) is 10.6 Å². The maximum atomic E-state index is 11.9. The Bertz CT molecular complexity index is 555. The predicted octanol–water partition coefficient (Wildman–Crippen LogP) is 4.37. The molecule has 0 fully saturated rings. The first-order valence-corrected chi connectivity index (χ1v) is 7.15. The molecule has 94 valence electrons. The molecule has 0 spiro atoms. The molecule has 1 nitrogen and oxygen atoms in total. The zero-order chi connectivity index (χ0) is 13.1. The number of benzene rings is 2. The van der Waals surface area contributed by atoms with Gasteiger partial charge in [-0.2, -0.15) is 0 Å². The van der Waals surface area contributed by atoms with Gasteiger partial charge in [-0.15, -0.1) is 0 Å². The van der Waals surface area contributed by atoms with Gasteiger partial charge in [0.05, 0.1) is 4.83 Å². The molecule has 18 heavy (non-hydrogen) atoms. The number of hydrogen-bond donors (Lipinski definition) is 0. The number of hydrogen-bond acceptors (Lipinski definition) is 1. The minimum absolute atomic E-state index is 0.0735. The Morgan fingerprint density at radius 1 is 1.11 bits per heavy atom. The number of fused-ring (bicyclic) bond motifs is 1. The van der Waals surface area contributed by atoms with E-state index in [0.717, 1.165) is 6.42 Å². The summed E-state index contributed by atoms with van der Waals surface area (Å²) in [7, 11) is 0. The summed E-state index contributed by atoms with van der Waals surface area (Å²) in [6.45, 7) is 3.89. The molecule has 2 heteroatoms. The molecule has 1 unspecified atom stereocenters. The van der Waals surface area contributed by atoms with Gasteiger partial charge < -0.3 is 0 Å². The number of rotatable bonds is 4. The lowest BCUT2D eigenvalue weighted by Gasteiger charge is -2.13. The standard InChI is InChI=1S/C16H17BrO/c1-11(2)16(18)15(17)10-13-8-5-7-12-6-3-4-9-14(12)13/h3-9,11,15H,10H2,1-2H3. The lowest BCUT2D eigenvalue weighted by atomic mass is 9.97. The lowest BCUT2D eigenvalue weighted by molar-refractivity contribution is -0.121. The Hall–Kier alpha value is -1.15. The average molecular weight is 305 g/mol. The fraction of sp³-hybridized carbons (Fsp3) is 0.312. The summed E-state index contributed by atoms with van der Waals surface area (Å²) in [5.74, 6) is 0.340. The Labute approximate surface area is 116 Å². The molecule has 0 heterocycles. The van der Waals surface area contributed by atoms with Crippen LogP contribution in [0, 0.1) is 5.92 Å². The van der Waals surface area contributed by atoms with E-state index in [1.165, 1.54) is 16.3 Å². The van der Waals surface area contributed by atoms with Crippen LogP contribution in [0.5, 0.6) is 0 Å². The highest BCUT2D eigenvalue weighted by molar-refractivity contribution is 9.10. The molecular weight excluding hydrogens is 288 g/mol. The maximum Gasteiger partial charge on any atom is 0.149 e. The van der Waals surface area contributed by atoms with Crippen molar-refractivity contribution in [2.75, 3.05) is 0 Å². The number of ketones is 1. The van der Waals surface area contributed by atoms with Crippen molar-refractivity contribution in [2.45, 2.75) is 25.1 Å². The van der Waals surface area contributed by atoms with Gasteiger partial charge in [-0.1, -0.05) is 72.2 Å². The van der Waals surface area contributed by atoms with E-state index < -0.39 is 0 Å². The molecule has 2 rings (SSSR count). The van der Waals surface area contributed by atoms with Crippen molar-refractivity contribution in [1.29, 1.82) is 0 Å². The highest BCUT2D eigenvalue weighted by atomic mass is 79.9. The summed E-state index contributed by atoms with van der Waals surface area (Å²) in [6, 6.07) is 14.6. The van der Waals surface area contributed by atoms with Crippen LogP contribution in [0.15, 0.2) is 42.5 Å². The van der Waals surface area contributed by atoms with Gasteiger partial charge in [-0.25, -0.2) is 0 Å². The van der Waals surface area contributed by atoms with Crippen molar-refractivity contribution in [3.05, 3.63) is 48.0 Å². The smallest absolute Gasteiger partial charge is 0.149 e. The van der Waals surface area contributed by atoms with Crippen molar-refractivity contribution >= 4 is 32.5 Å². The third kappa shape index (κ3) is 2.81. The SMILES string of the molecule is CC(C)C(=O)C(Br)Cc1cccc2ccccc12. The highest BCUT2D eigenvalue weighted by Gasteiger charge is 2.19. The fourth-order valence-electron chi connectivity index (χ4n) is 2.13. The van der Waals surface area contributed by atoms with Crippen molar-refractivity contribution in [1.82, 2.24) is 0 Å². The minimum Gasteiger partial charge on any atom is -0.298 e. The molecule has 0 aliphatic rings. The second-order valence-electron chi connectivity index (χ2n) is 4.87. The summed E-state index contributed by atoms with van der Waals surface area (Å²) in [5, 5.41) is 2.47. The zero-order valence-electron chi connectivity index (χ0n) is 10.7. The summed E-state index contributed by atoms with van der Waals surface area (Å²) in [4.78, 5) is 11.8. The molecule has 0 saturated heterocycles. The normalized spacial score (nSPS) is 12.9.